The first-order chi connectivity index (χ1) is 11.2. The summed E-state index contributed by atoms with van der Waals surface area (Å²) in [7, 11) is 0. The van der Waals surface area contributed by atoms with E-state index in [0.29, 0.717) is 11.4 Å². The van der Waals surface area contributed by atoms with Gasteiger partial charge in [0.15, 0.2) is 0 Å². The zero-order chi connectivity index (χ0) is 16.2. The van der Waals surface area contributed by atoms with Gasteiger partial charge in [-0.15, -0.1) is 0 Å². The summed E-state index contributed by atoms with van der Waals surface area (Å²) in [5.74, 6) is -0.0451. The summed E-state index contributed by atoms with van der Waals surface area (Å²) >= 11 is 6.22. The third-order valence-electron chi connectivity index (χ3n) is 4.13. The SMILES string of the molecule is CCc1ccc(NC(=O)C2CC(c3ccccc3Cl)NN2)cc1. The van der Waals surface area contributed by atoms with E-state index in [2.05, 4.69) is 23.1 Å². The average molecular weight is 330 g/mol. The van der Waals surface area contributed by atoms with Gasteiger partial charge in [0.25, 0.3) is 0 Å². The highest BCUT2D eigenvalue weighted by atomic mass is 35.5. The van der Waals surface area contributed by atoms with Crippen LogP contribution in [0.3, 0.4) is 0 Å². The second-order valence-electron chi connectivity index (χ2n) is 5.69. The number of carbonyl (C=O) groups excluding carboxylic acids is 1. The van der Waals surface area contributed by atoms with Crippen molar-refractivity contribution in [2.45, 2.75) is 31.8 Å². The fraction of sp³-hybridized carbons (Fsp3) is 0.278. The number of hydrogen-bond donors (Lipinski definition) is 3. The topological polar surface area (TPSA) is 53.2 Å². The zero-order valence-corrected chi connectivity index (χ0v) is 13.7. The fourth-order valence-corrected chi connectivity index (χ4v) is 3.01. The van der Waals surface area contributed by atoms with Crippen LogP contribution in [0.15, 0.2) is 48.5 Å². The predicted octanol–water partition coefficient (Wildman–Crippen LogP) is 3.45. The van der Waals surface area contributed by atoms with Crippen LogP contribution in [0.5, 0.6) is 0 Å². The number of halogens is 1. The maximum atomic E-state index is 12.4. The summed E-state index contributed by atoms with van der Waals surface area (Å²) in [6.45, 7) is 2.11. The molecule has 0 aromatic heterocycles. The molecule has 1 heterocycles. The molecule has 0 aliphatic carbocycles. The van der Waals surface area contributed by atoms with Crippen molar-refractivity contribution in [1.29, 1.82) is 0 Å². The third-order valence-corrected chi connectivity index (χ3v) is 4.47. The standard InChI is InChI=1S/C18H20ClN3O/c1-2-12-7-9-13(10-8-12)20-18(23)17-11-16(21-22-17)14-5-3-4-6-15(14)19/h3-10,16-17,21-22H,2,11H2,1H3,(H,20,23). The summed E-state index contributed by atoms with van der Waals surface area (Å²) in [6, 6.07) is 15.4. The van der Waals surface area contributed by atoms with Gasteiger partial charge in [0, 0.05) is 16.8 Å². The average Bonchev–Trinajstić information content (AvgIpc) is 3.06. The van der Waals surface area contributed by atoms with Crippen molar-refractivity contribution in [3.8, 4) is 0 Å². The lowest BCUT2D eigenvalue weighted by atomic mass is 10.0. The van der Waals surface area contributed by atoms with Crippen molar-refractivity contribution < 1.29 is 4.79 Å². The summed E-state index contributed by atoms with van der Waals surface area (Å²) < 4.78 is 0. The number of aryl methyl sites for hydroxylation is 1. The molecule has 0 spiro atoms. The Morgan fingerprint density at radius 3 is 2.61 bits per heavy atom. The lowest BCUT2D eigenvalue weighted by Crippen LogP contribution is -2.39. The van der Waals surface area contributed by atoms with Gasteiger partial charge in [-0.25, -0.2) is 10.9 Å². The zero-order valence-electron chi connectivity index (χ0n) is 13.0. The Morgan fingerprint density at radius 2 is 1.91 bits per heavy atom. The molecule has 1 aliphatic heterocycles. The number of carbonyl (C=O) groups is 1. The first-order valence-corrected chi connectivity index (χ1v) is 8.20. The molecular weight excluding hydrogens is 310 g/mol. The van der Waals surface area contributed by atoms with E-state index in [1.165, 1.54) is 5.56 Å². The van der Waals surface area contributed by atoms with Gasteiger partial charge < -0.3 is 5.32 Å². The first-order valence-electron chi connectivity index (χ1n) is 7.82. The van der Waals surface area contributed by atoms with E-state index in [-0.39, 0.29) is 18.0 Å². The number of rotatable bonds is 4. The van der Waals surface area contributed by atoms with Crippen molar-refractivity contribution in [1.82, 2.24) is 10.9 Å². The van der Waals surface area contributed by atoms with Gasteiger partial charge in [-0.2, -0.15) is 0 Å². The van der Waals surface area contributed by atoms with Crippen molar-refractivity contribution in [2.75, 3.05) is 5.32 Å². The Bertz CT molecular complexity index is 687. The van der Waals surface area contributed by atoms with Crippen LogP contribution < -0.4 is 16.2 Å². The Kier molecular flexibility index (Phi) is 4.96. The molecule has 1 saturated heterocycles. The molecule has 1 amide bonds. The van der Waals surface area contributed by atoms with Gasteiger partial charge in [0.1, 0.15) is 6.04 Å². The van der Waals surface area contributed by atoms with Crippen molar-refractivity contribution in [3.63, 3.8) is 0 Å². The minimum atomic E-state index is -0.290. The molecule has 2 aromatic rings. The van der Waals surface area contributed by atoms with Gasteiger partial charge in [0.2, 0.25) is 5.91 Å². The van der Waals surface area contributed by atoms with Gasteiger partial charge >= 0.3 is 0 Å². The number of anilines is 1. The number of nitrogens with one attached hydrogen (secondary N) is 3. The molecule has 120 valence electrons. The second-order valence-corrected chi connectivity index (χ2v) is 6.10. The molecule has 2 aromatic carbocycles. The van der Waals surface area contributed by atoms with E-state index in [1.54, 1.807) is 0 Å². The van der Waals surface area contributed by atoms with Crippen LogP contribution in [0.4, 0.5) is 5.69 Å². The van der Waals surface area contributed by atoms with E-state index < -0.39 is 0 Å². The van der Waals surface area contributed by atoms with Gasteiger partial charge in [-0.05, 0) is 42.2 Å². The monoisotopic (exact) mass is 329 g/mol. The maximum absolute atomic E-state index is 12.4. The van der Waals surface area contributed by atoms with Crippen LogP contribution in [0.2, 0.25) is 5.02 Å². The molecule has 1 fully saturated rings. The normalized spacial score (nSPS) is 20.4. The molecule has 5 heteroatoms. The predicted molar refractivity (Wildman–Crippen MR) is 93.3 cm³/mol. The number of hydrogen-bond acceptors (Lipinski definition) is 3. The van der Waals surface area contributed by atoms with Crippen LogP contribution in [-0.2, 0) is 11.2 Å². The molecule has 0 radical (unpaired) electrons. The van der Waals surface area contributed by atoms with Crippen molar-refractivity contribution in [3.05, 3.63) is 64.7 Å². The molecule has 2 atom stereocenters. The Balaban J connectivity index is 1.62. The highest BCUT2D eigenvalue weighted by Crippen LogP contribution is 2.28. The molecule has 4 nitrogen and oxygen atoms in total. The van der Waals surface area contributed by atoms with Crippen molar-refractivity contribution in [2.24, 2.45) is 0 Å². The summed E-state index contributed by atoms with van der Waals surface area (Å²) in [6.07, 6.45) is 1.64. The maximum Gasteiger partial charge on any atom is 0.242 e. The van der Waals surface area contributed by atoms with Gasteiger partial charge in [-0.3, -0.25) is 4.79 Å². The molecular formula is C18H20ClN3O. The van der Waals surface area contributed by atoms with E-state index in [4.69, 9.17) is 11.6 Å². The van der Waals surface area contributed by atoms with Gasteiger partial charge in [-0.1, -0.05) is 48.9 Å². The second kappa shape index (κ2) is 7.13. The molecule has 3 rings (SSSR count). The molecule has 23 heavy (non-hydrogen) atoms. The minimum absolute atomic E-state index is 0.0296. The summed E-state index contributed by atoms with van der Waals surface area (Å²) in [5.41, 5.74) is 9.28. The smallest absolute Gasteiger partial charge is 0.242 e. The quantitative estimate of drug-likeness (QED) is 0.805. The summed E-state index contributed by atoms with van der Waals surface area (Å²) in [5, 5.41) is 3.66. The molecule has 0 saturated carbocycles. The summed E-state index contributed by atoms with van der Waals surface area (Å²) in [4.78, 5) is 12.4. The van der Waals surface area contributed by atoms with E-state index in [1.807, 2.05) is 48.5 Å². The van der Waals surface area contributed by atoms with Crippen LogP contribution in [0, 0.1) is 0 Å². The fourth-order valence-electron chi connectivity index (χ4n) is 2.74. The Morgan fingerprint density at radius 1 is 1.17 bits per heavy atom. The van der Waals surface area contributed by atoms with Crippen LogP contribution in [0.1, 0.15) is 30.5 Å². The number of hydrazine groups is 1. The highest BCUT2D eigenvalue weighted by molar-refractivity contribution is 6.31. The largest absolute Gasteiger partial charge is 0.325 e. The van der Waals surface area contributed by atoms with E-state index in [9.17, 15) is 4.79 Å². The van der Waals surface area contributed by atoms with Crippen LogP contribution in [-0.4, -0.2) is 11.9 Å². The number of benzene rings is 2. The highest BCUT2D eigenvalue weighted by Gasteiger charge is 2.31. The van der Waals surface area contributed by atoms with E-state index >= 15 is 0 Å². The molecule has 0 bridgehead atoms. The minimum Gasteiger partial charge on any atom is -0.325 e. The van der Waals surface area contributed by atoms with Gasteiger partial charge in [0.05, 0.1) is 0 Å². The van der Waals surface area contributed by atoms with Crippen LogP contribution >= 0.6 is 11.6 Å². The molecule has 1 aliphatic rings. The Labute approximate surface area is 141 Å². The van der Waals surface area contributed by atoms with Crippen LogP contribution in [0.25, 0.3) is 0 Å². The first kappa shape index (κ1) is 16.0. The lowest BCUT2D eigenvalue weighted by molar-refractivity contribution is -0.117. The van der Waals surface area contributed by atoms with Crippen molar-refractivity contribution >= 4 is 23.2 Å². The third kappa shape index (κ3) is 3.72. The van der Waals surface area contributed by atoms with E-state index in [0.717, 1.165) is 17.7 Å². The molecule has 2 unspecified atom stereocenters. The molecule has 3 N–H and O–H groups in total. The Hall–Kier alpha value is -1.88. The lowest BCUT2D eigenvalue weighted by Gasteiger charge is -2.12. The number of amides is 1.